The predicted molar refractivity (Wildman–Crippen MR) is 65.3 cm³/mol. The average Bonchev–Trinajstić information content (AvgIpc) is 2.29. The van der Waals surface area contributed by atoms with E-state index in [0.717, 1.165) is 25.9 Å². The number of nitrogen functional groups attached to an aromatic ring is 1. The van der Waals surface area contributed by atoms with E-state index in [1.54, 1.807) is 0 Å². The van der Waals surface area contributed by atoms with Gasteiger partial charge in [-0.05, 0) is 18.8 Å². The van der Waals surface area contributed by atoms with Crippen molar-refractivity contribution < 1.29 is 4.79 Å². The number of H-pyrrole nitrogens is 1. The molecule has 2 heterocycles. The highest BCUT2D eigenvalue weighted by Gasteiger charge is 2.19. The third-order valence-corrected chi connectivity index (χ3v) is 3.17. The SMILES string of the molecule is CC1CCN(c2nc(N)c(C=O)c(=O)[nH]2)CC1. The first-order valence-corrected chi connectivity index (χ1v) is 5.71. The summed E-state index contributed by atoms with van der Waals surface area (Å²) in [5, 5.41) is 0. The number of anilines is 2. The molecule has 17 heavy (non-hydrogen) atoms. The second-order valence-electron chi connectivity index (χ2n) is 4.48. The van der Waals surface area contributed by atoms with Crippen LogP contribution >= 0.6 is 0 Å². The van der Waals surface area contributed by atoms with Crippen molar-refractivity contribution in [2.45, 2.75) is 19.8 Å². The minimum atomic E-state index is -0.471. The van der Waals surface area contributed by atoms with E-state index >= 15 is 0 Å². The zero-order valence-electron chi connectivity index (χ0n) is 9.77. The Morgan fingerprint density at radius 2 is 2.12 bits per heavy atom. The summed E-state index contributed by atoms with van der Waals surface area (Å²) < 4.78 is 0. The molecule has 0 spiro atoms. The molecule has 92 valence electrons. The van der Waals surface area contributed by atoms with Crippen LogP contribution in [0.15, 0.2) is 4.79 Å². The van der Waals surface area contributed by atoms with E-state index in [4.69, 9.17) is 5.73 Å². The summed E-state index contributed by atoms with van der Waals surface area (Å²) in [6.07, 6.45) is 2.57. The quantitative estimate of drug-likeness (QED) is 0.725. The number of rotatable bonds is 2. The van der Waals surface area contributed by atoms with Crippen molar-refractivity contribution in [1.29, 1.82) is 0 Å². The van der Waals surface area contributed by atoms with E-state index in [0.29, 0.717) is 18.2 Å². The molecule has 3 N–H and O–H groups in total. The summed E-state index contributed by atoms with van der Waals surface area (Å²) in [6.45, 7) is 3.91. The van der Waals surface area contributed by atoms with Crippen molar-refractivity contribution in [3.63, 3.8) is 0 Å². The molecule has 0 amide bonds. The Morgan fingerprint density at radius 1 is 1.47 bits per heavy atom. The number of hydrogen-bond acceptors (Lipinski definition) is 5. The summed E-state index contributed by atoms with van der Waals surface area (Å²) >= 11 is 0. The van der Waals surface area contributed by atoms with Crippen LogP contribution in [-0.2, 0) is 0 Å². The third-order valence-electron chi connectivity index (χ3n) is 3.17. The number of aromatic amines is 1. The zero-order chi connectivity index (χ0) is 12.4. The number of carbonyl (C=O) groups excluding carboxylic acids is 1. The van der Waals surface area contributed by atoms with Crippen molar-refractivity contribution in [3.05, 3.63) is 15.9 Å². The van der Waals surface area contributed by atoms with E-state index in [1.165, 1.54) is 0 Å². The maximum absolute atomic E-state index is 11.6. The summed E-state index contributed by atoms with van der Waals surface area (Å²) in [4.78, 5) is 30.9. The van der Waals surface area contributed by atoms with Crippen LogP contribution in [0.25, 0.3) is 0 Å². The Morgan fingerprint density at radius 3 is 2.65 bits per heavy atom. The van der Waals surface area contributed by atoms with Crippen molar-refractivity contribution >= 4 is 18.1 Å². The van der Waals surface area contributed by atoms with Gasteiger partial charge in [0.25, 0.3) is 5.56 Å². The van der Waals surface area contributed by atoms with Gasteiger partial charge in [0.05, 0.1) is 0 Å². The summed E-state index contributed by atoms with van der Waals surface area (Å²) in [5.74, 6) is 1.16. The van der Waals surface area contributed by atoms with Gasteiger partial charge in [0.1, 0.15) is 11.4 Å². The molecular weight excluding hydrogens is 220 g/mol. The molecule has 1 aromatic heterocycles. The molecule has 0 radical (unpaired) electrons. The molecule has 0 aliphatic carbocycles. The fraction of sp³-hybridized carbons (Fsp3) is 0.545. The molecule has 2 rings (SSSR count). The third kappa shape index (κ3) is 2.30. The monoisotopic (exact) mass is 236 g/mol. The first-order valence-electron chi connectivity index (χ1n) is 5.71. The first-order chi connectivity index (χ1) is 8.11. The van der Waals surface area contributed by atoms with E-state index in [-0.39, 0.29) is 11.4 Å². The Balaban J connectivity index is 2.28. The van der Waals surface area contributed by atoms with Gasteiger partial charge in [-0.3, -0.25) is 14.6 Å². The lowest BCUT2D eigenvalue weighted by Crippen LogP contribution is -2.35. The molecule has 0 unspecified atom stereocenters. The molecule has 0 atom stereocenters. The highest BCUT2D eigenvalue weighted by molar-refractivity contribution is 5.81. The van der Waals surface area contributed by atoms with Gasteiger partial charge in [-0.25, -0.2) is 0 Å². The van der Waals surface area contributed by atoms with Crippen LogP contribution in [0, 0.1) is 5.92 Å². The number of piperidine rings is 1. The van der Waals surface area contributed by atoms with Crippen LogP contribution in [0.3, 0.4) is 0 Å². The van der Waals surface area contributed by atoms with E-state index in [2.05, 4.69) is 16.9 Å². The zero-order valence-corrected chi connectivity index (χ0v) is 9.77. The molecule has 1 aromatic rings. The molecule has 1 fully saturated rings. The predicted octanol–water partition coefficient (Wildman–Crippen LogP) is 0.401. The summed E-state index contributed by atoms with van der Waals surface area (Å²) in [6, 6.07) is 0. The van der Waals surface area contributed by atoms with Crippen molar-refractivity contribution in [2.24, 2.45) is 5.92 Å². The fourth-order valence-corrected chi connectivity index (χ4v) is 1.97. The molecule has 6 nitrogen and oxygen atoms in total. The summed E-state index contributed by atoms with van der Waals surface area (Å²) in [7, 11) is 0. The van der Waals surface area contributed by atoms with Gasteiger partial charge in [-0.15, -0.1) is 0 Å². The van der Waals surface area contributed by atoms with Gasteiger partial charge in [0.2, 0.25) is 5.95 Å². The lowest BCUT2D eigenvalue weighted by Gasteiger charge is -2.30. The van der Waals surface area contributed by atoms with Gasteiger partial charge in [0.15, 0.2) is 6.29 Å². The van der Waals surface area contributed by atoms with Crippen LogP contribution in [-0.4, -0.2) is 29.3 Å². The number of nitrogens with one attached hydrogen (secondary N) is 1. The molecule has 1 saturated heterocycles. The normalized spacial score (nSPS) is 17.1. The van der Waals surface area contributed by atoms with Gasteiger partial charge in [0, 0.05) is 13.1 Å². The van der Waals surface area contributed by atoms with E-state index in [1.807, 2.05) is 4.90 Å². The lowest BCUT2D eigenvalue weighted by atomic mass is 10.00. The van der Waals surface area contributed by atoms with Crippen LogP contribution in [0.2, 0.25) is 0 Å². The topological polar surface area (TPSA) is 92.1 Å². The number of aldehydes is 1. The second kappa shape index (κ2) is 4.57. The highest BCUT2D eigenvalue weighted by atomic mass is 16.1. The lowest BCUT2D eigenvalue weighted by molar-refractivity contribution is 0.112. The largest absolute Gasteiger partial charge is 0.383 e. The van der Waals surface area contributed by atoms with Crippen molar-refractivity contribution in [1.82, 2.24) is 9.97 Å². The van der Waals surface area contributed by atoms with Gasteiger partial charge < -0.3 is 10.6 Å². The summed E-state index contributed by atoms with van der Waals surface area (Å²) in [5.41, 5.74) is 5.01. The standard InChI is InChI=1S/C11H16N4O2/c1-7-2-4-15(5-3-7)11-13-9(12)8(6-16)10(17)14-11/h6-7H,2-5H2,1H3,(H3,12,13,14,17). The van der Waals surface area contributed by atoms with E-state index in [9.17, 15) is 9.59 Å². The van der Waals surface area contributed by atoms with E-state index < -0.39 is 5.56 Å². The van der Waals surface area contributed by atoms with Crippen LogP contribution in [0.1, 0.15) is 30.1 Å². The van der Waals surface area contributed by atoms with Crippen LogP contribution in [0.4, 0.5) is 11.8 Å². The Bertz CT molecular complexity index is 475. The maximum atomic E-state index is 11.6. The number of carbonyl (C=O) groups is 1. The first kappa shape index (κ1) is 11.6. The molecule has 0 saturated carbocycles. The van der Waals surface area contributed by atoms with Crippen molar-refractivity contribution in [2.75, 3.05) is 23.7 Å². The molecule has 1 aliphatic heterocycles. The molecular formula is C11H16N4O2. The maximum Gasteiger partial charge on any atom is 0.265 e. The minimum absolute atomic E-state index is 0.00243. The molecule has 0 bridgehead atoms. The number of nitrogens with two attached hydrogens (primary N) is 1. The fourth-order valence-electron chi connectivity index (χ4n) is 1.97. The Hall–Kier alpha value is -1.85. The van der Waals surface area contributed by atoms with Crippen molar-refractivity contribution in [3.8, 4) is 0 Å². The van der Waals surface area contributed by atoms with Crippen LogP contribution in [0.5, 0.6) is 0 Å². The molecule has 6 heteroatoms. The van der Waals surface area contributed by atoms with Gasteiger partial charge in [-0.1, -0.05) is 6.92 Å². The second-order valence-corrected chi connectivity index (χ2v) is 4.48. The van der Waals surface area contributed by atoms with Crippen LogP contribution < -0.4 is 16.2 Å². The molecule has 1 aliphatic rings. The minimum Gasteiger partial charge on any atom is -0.383 e. The highest BCUT2D eigenvalue weighted by Crippen LogP contribution is 2.19. The average molecular weight is 236 g/mol. The molecule has 0 aromatic carbocycles. The Kier molecular flexibility index (Phi) is 3.12. The van der Waals surface area contributed by atoms with Gasteiger partial charge >= 0.3 is 0 Å². The smallest absolute Gasteiger partial charge is 0.265 e. The Labute approximate surface area is 98.8 Å². The number of aromatic nitrogens is 2. The number of nitrogens with zero attached hydrogens (tertiary/aromatic N) is 2. The van der Waals surface area contributed by atoms with Gasteiger partial charge in [-0.2, -0.15) is 4.98 Å². The number of hydrogen-bond donors (Lipinski definition) is 2.